The average molecular weight is 574 g/mol. The molecule has 0 aliphatic rings. The van der Waals surface area contributed by atoms with Gasteiger partial charge in [-0.1, -0.05) is 11.6 Å². The standard InChI is InChI=1S/C28H20ClN5O5S/c1-14-33-21-10-15(26(35)31-2)9-16(12-30)23(21)27(36)34(14)7-8-39-22-4-3-17(29)11-19(22)18-5-6-32-24-20(28(37)38)13-40-25(18)24/h3-6,9-11,13H,7-8H2,1-2H3,(H,31,35)(H,37,38). The van der Waals surface area contributed by atoms with E-state index in [0.29, 0.717) is 37.9 Å². The zero-order chi connectivity index (χ0) is 28.6. The van der Waals surface area contributed by atoms with Gasteiger partial charge in [-0.15, -0.1) is 11.3 Å². The molecule has 0 saturated heterocycles. The van der Waals surface area contributed by atoms with Gasteiger partial charge in [0.05, 0.1) is 38.8 Å². The summed E-state index contributed by atoms with van der Waals surface area (Å²) >= 11 is 7.57. The van der Waals surface area contributed by atoms with Crippen molar-refractivity contribution in [2.45, 2.75) is 13.5 Å². The largest absolute Gasteiger partial charge is 0.491 e. The zero-order valence-corrected chi connectivity index (χ0v) is 22.8. The molecule has 0 saturated carbocycles. The van der Waals surface area contributed by atoms with Crippen molar-refractivity contribution >= 4 is 55.9 Å². The molecule has 3 aromatic heterocycles. The molecule has 200 valence electrons. The predicted octanol–water partition coefficient (Wildman–Crippen LogP) is 4.64. The van der Waals surface area contributed by atoms with Gasteiger partial charge in [0.1, 0.15) is 24.3 Å². The molecule has 2 N–H and O–H groups in total. The number of carbonyl (C=O) groups excluding carboxylic acids is 1. The second-order valence-corrected chi connectivity index (χ2v) is 10.0. The van der Waals surface area contributed by atoms with Crippen LogP contribution in [0.5, 0.6) is 5.75 Å². The summed E-state index contributed by atoms with van der Waals surface area (Å²) in [7, 11) is 1.48. The molecule has 0 bridgehead atoms. The highest BCUT2D eigenvalue weighted by Gasteiger charge is 2.19. The fraction of sp³-hybridized carbons (Fsp3) is 0.143. The van der Waals surface area contributed by atoms with Crippen LogP contribution in [0.15, 0.2) is 52.8 Å². The Bertz CT molecular complexity index is 1940. The van der Waals surface area contributed by atoms with E-state index in [-0.39, 0.29) is 46.7 Å². The number of nitriles is 1. The van der Waals surface area contributed by atoms with Crippen molar-refractivity contribution in [2.24, 2.45) is 0 Å². The number of hydrogen-bond donors (Lipinski definition) is 2. The van der Waals surface area contributed by atoms with E-state index in [4.69, 9.17) is 16.3 Å². The highest BCUT2D eigenvalue weighted by molar-refractivity contribution is 7.18. The Morgan fingerprint density at radius 3 is 2.75 bits per heavy atom. The normalized spacial score (nSPS) is 10.9. The Labute approximate surface area is 236 Å². The first kappa shape index (κ1) is 26.8. The molecular weight excluding hydrogens is 554 g/mol. The van der Waals surface area contributed by atoms with Crippen molar-refractivity contribution in [3.8, 4) is 22.9 Å². The summed E-state index contributed by atoms with van der Waals surface area (Å²) in [6.07, 6.45) is 1.54. The third kappa shape index (κ3) is 4.75. The third-order valence-corrected chi connectivity index (χ3v) is 7.59. The van der Waals surface area contributed by atoms with Crippen molar-refractivity contribution in [3.63, 3.8) is 0 Å². The maximum Gasteiger partial charge on any atom is 0.338 e. The van der Waals surface area contributed by atoms with Crippen LogP contribution >= 0.6 is 22.9 Å². The number of halogens is 1. The van der Waals surface area contributed by atoms with Crippen LogP contribution in [-0.4, -0.2) is 45.2 Å². The minimum absolute atomic E-state index is 0.0571. The third-order valence-electron chi connectivity index (χ3n) is 6.35. The van der Waals surface area contributed by atoms with Crippen molar-refractivity contribution < 1.29 is 19.4 Å². The van der Waals surface area contributed by atoms with Crippen LogP contribution in [0.25, 0.3) is 32.2 Å². The Hall–Kier alpha value is -4.79. The average Bonchev–Trinajstić information content (AvgIpc) is 3.39. The van der Waals surface area contributed by atoms with Crippen LogP contribution < -0.4 is 15.6 Å². The molecule has 1 amide bonds. The summed E-state index contributed by atoms with van der Waals surface area (Å²) in [4.78, 5) is 45.8. The van der Waals surface area contributed by atoms with E-state index in [1.807, 2.05) is 6.07 Å². The highest BCUT2D eigenvalue weighted by atomic mass is 35.5. The number of benzene rings is 2. The summed E-state index contributed by atoms with van der Waals surface area (Å²) in [6.45, 7) is 1.88. The minimum atomic E-state index is -1.06. The second-order valence-electron chi connectivity index (χ2n) is 8.70. The van der Waals surface area contributed by atoms with Crippen LogP contribution in [0.2, 0.25) is 5.02 Å². The first-order valence-electron chi connectivity index (χ1n) is 11.9. The first-order chi connectivity index (χ1) is 19.2. The number of fused-ring (bicyclic) bond motifs is 2. The molecular formula is C28H20ClN5O5S. The molecule has 0 radical (unpaired) electrons. The molecule has 10 nitrogen and oxygen atoms in total. The Morgan fingerprint density at radius 2 is 2.02 bits per heavy atom. The summed E-state index contributed by atoms with van der Waals surface area (Å²) in [6, 6.07) is 11.7. The van der Waals surface area contributed by atoms with Gasteiger partial charge in [-0.05, 0) is 43.3 Å². The van der Waals surface area contributed by atoms with E-state index in [2.05, 4.69) is 15.3 Å². The Kier molecular flexibility index (Phi) is 7.21. The smallest absolute Gasteiger partial charge is 0.338 e. The minimum Gasteiger partial charge on any atom is -0.491 e. The maximum absolute atomic E-state index is 13.4. The van der Waals surface area contributed by atoms with Gasteiger partial charge in [0.15, 0.2) is 0 Å². The molecule has 12 heteroatoms. The molecule has 0 atom stereocenters. The Balaban J connectivity index is 1.48. The topological polar surface area (TPSA) is 147 Å². The van der Waals surface area contributed by atoms with E-state index in [1.165, 1.54) is 41.3 Å². The molecule has 0 fully saturated rings. The summed E-state index contributed by atoms with van der Waals surface area (Å²) < 4.78 is 8.20. The lowest BCUT2D eigenvalue weighted by atomic mass is 10.0. The van der Waals surface area contributed by atoms with Crippen LogP contribution in [0, 0.1) is 18.3 Å². The molecule has 3 heterocycles. The number of ether oxygens (including phenoxy) is 1. The van der Waals surface area contributed by atoms with Gasteiger partial charge in [-0.25, -0.2) is 9.78 Å². The van der Waals surface area contributed by atoms with E-state index in [9.17, 15) is 24.8 Å². The number of amides is 1. The number of pyridine rings is 1. The monoisotopic (exact) mass is 573 g/mol. The summed E-state index contributed by atoms with van der Waals surface area (Å²) in [5.74, 6) is -0.573. The Morgan fingerprint density at radius 1 is 1.23 bits per heavy atom. The van der Waals surface area contributed by atoms with Gasteiger partial charge in [-0.2, -0.15) is 5.26 Å². The van der Waals surface area contributed by atoms with Gasteiger partial charge in [0.25, 0.3) is 11.5 Å². The van der Waals surface area contributed by atoms with Gasteiger partial charge in [-0.3, -0.25) is 19.1 Å². The lowest BCUT2D eigenvalue weighted by Gasteiger charge is -2.15. The highest BCUT2D eigenvalue weighted by Crippen LogP contribution is 2.39. The lowest BCUT2D eigenvalue weighted by molar-refractivity contribution is 0.0699. The fourth-order valence-electron chi connectivity index (χ4n) is 4.47. The number of hydrogen-bond acceptors (Lipinski definition) is 8. The molecule has 0 unspecified atom stereocenters. The molecule has 0 spiro atoms. The van der Waals surface area contributed by atoms with Crippen molar-refractivity contribution in [1.29, 1.82) is 5.26 Å². The lowest BCUT2D eigenvalue weighted by Crippen LogP contribution is -2.27. The van der Waals surface area contributed by atoms with E-state index in [1.54, 1.807) is 36.6 Å². The van der Waals surface area contributed by atoms with Crippen LogP contribution in [0.4, 0.5) is 0 Å². The number of aromatic carboxylic acids is 1. The first-order valence-corrected chi connectivity index (χ1v) is 13.2. The predicted molar refractivity (Wildman–Crippen MR) is 151 cm³/mol. The maximum atomic E-state index is 13.4. The number of aryl methyl sites for hydroxylation is 1. The zero-order valence-electron chi connectivity index (χ0n) is 21.2. The number of nitrogens with one attached hydrogen (secondary N) is 1. The molecule has 40 heavy (non-hydrogen) atoms. The molecule has 2 aromatic carbocycles. The van der Waals surface area contributed by atoms with Crippen molar-refractivity contribution in [3.05, 3.63) is 85.9 Å². The number of carbonyl (C=O) groups is 2. The van der Waals surface area contributed by atoms with Gasteiger partial charge < -0.3 is 15.2 Å². The molecule has 5 rings (SSSR count). The van der Waals surface area contributed by atoms with Gasteiger partial charge in [0, 0.05) is 40.3 Å². The van der Waals surface area contributed by atoms with Gasteiger partial charge in [0.2, 0.25) is 0 Å². The molecule has 5 aromatic rings. The quantitative estimate of drug-likeness (QED) is 0.286. The van der Waals surface area contributed by atoms with E-state index < -0.39 is 11.5 Å². The van der Waals surface area contributed by atoms with Crippen molar-refractivity contribution in [1.82, 2.24) is 19.9 Å². The van der Waals surface area contributed by atoms with Crippen LogP contribution in [0.1, 0.15) is 32.1 Å². The number of nitrogens with zero attached hydrogens (tertiary/aromatic N) is 4. The second kappa shape index (κ2) is 10.8. The van der Waals surface area contributed by atoms with Crippen LogP contribution in [0.3, 0.4) is 0 Å². The fourth-order valence-corrected chi connectivity index (χ4v) is 5.67. The van der Waals surface area contributed by atoms with Crippen molar-refractivity contribution in [2.75, 3.05) is 13.7 Å². The summed E-state index contributed by atoms with van der Waals surface area (Å²) in [5.41, 5.74) is 1.98. The van der Waals surface area contributed by atoms with Gasteiger partial charge >= 0.3 is 5.97 Å². The number of aromatic nitrogens is 3. The SMILES string of the molecule is CNC(=O)c1cc(C#N)c2c(=O)n(CCOc3ccc(Cl)cc3-c3ccnc4c(C(=O)O)csc34)c(C)nc2c1. The number of rotatable bonds is 7. The number of thiophene rings is 1. The summed E-state index contributed by atoms with van der Waals surface area (Å²) in [5, 5.41) is 23.8. The van der Waals surface area contributed by atoms with Crippen LogP contribution in [-0.2, 0) is 6.54 Å². The van der Waals surface area contributed by atoms with E-state index in [0.717, 1.165) is 0 Å². The molecule has 0 aliphatic carbocycles. The molecule has 0 aliphatic heterocycles. The number of carboxylic acids is 1. The van der Waals surface area contributed by atoms with E-state index >= 15 is 0 Å². The number of carboxylic acid groups (broad SMARTS) is 1.